The quantitative estimate of drug-likeness (QED) is 0.299. The topological polar surface area (TPSA) is 179 Å². The second-order valence-electron chi connectivity index (χ2n) is 7.33. The van der Waals surface area contributed by atoms with Gasteiger partial charge in [-0.05, 0) is 25.7 Å². The molecule has 1 fully saturated rings. The molecule has 0 spiro atoms. The van der Waals surface area contributed by atoms with Gasteiger partial charge in [0.05, 0.1) is 12.5 Å². The Bertz CT molecular complexity index is 654. The summed E-state index contributed by atoms with van der Waals surface area (Å²) in [6.07, 6.45) is 0.906. The van der Waals surface area contributed by atoms with E-state index in [1.54, 1.807) is 6.92 Å². The van der Waals surface area contributed by atoms with Crippen molar-refractivity contribution in [2.75, 3.05) is 6.54 Å². The lowest BCUT2D eigenvalue weighted by Gasteiger charge is -2.30. The summed E-state index contributed by atoms with van der Waals surface area (Å²) in [5, 5.41) is 22.8. The molecular formula is C18H30N4O7. The molecular weight excluding hydrogens is 384 g/mol. The fraction of sp³-hybridized carbons (Fsp3) is 0.722. The number of hydrogen-bond acceptors (Lipinski definition) is 6. The molecule has 0 saturated carbocycles. The number of nitrogens with one attached hydrogen (secondary N) is 2. The molecule has 0 aromatic carbocycles. The molecule has 0 aliphatic carbocycles. The van der Waals surface area contributed by atoms with Gasteiger partial charge in [0.25, 0.3) is 0 Å². The molecule has 1 aliphatic rings. The molecule has 3 amide bonds. The van der Waals surface area contributed by atoms with Crippen LogP contribution in [-0.4, -0.2) is 75.5 Å². The van der Waals surface area contributed by atoms with Gasteiger partial charge in [-0.1, -0.05) is 20.3 Å². The van der Waals surface area contributed by atoms with Crippen LogP contribution in [0.15, 0.2) is 0 Å². The Morgan fingerprint density at radius 1 is 1.14 bits per heavy atom. The lowest BCUT2D eigenvalue weighted by Crippen LogP contribution is -2.58. The van der Waals surface area contributed by atoms with Crippen LogP contribution in [0.3, 0.4) is 0 Å². The van der Waals surface area contributed by atoms with Crippen molar-refractivity contribution in [3.05, 3.63) is 0 Å². The molecule has 0 aromatic rings. The molecule has 5 atom stereocenters. The maximum Gasteiger partial charge on any atom is 0.325 e. The number of rotatable bonds is 10. The molecule has 6 N–H and O–H groups in total. The third-order valence-corrected chi connectivity index (χ3v) is 5.07. The first kappa shape index (κ1) is 24.3. The minimum Gasteiger partial charge on any atom is -0.481 e. The molecule has 164 valence electrons. The van der Waals surface area contributed by atoms with Crippen LogP contribution < -0.4 is 16.4 Å². The monoisotopic (exact) mass is 414 g/mol. The molecule has 0 aromatic heterocycles. The van der Waals surface area contributed by atoms with Crippen LogP contribution in [-0.2, 0) is 24.0 Å². The van der Waals surface area contributed by atoms with E-state index in [-0.39, 0.29) is 12.5 Å². The zero-order valence-electron chi connectivity index (χ0n) is 16.9. The van der Waals surface area contributed by atoms with E-state index in [9.17, 15) is 24.0 Å². The molecule has 0 bridgehead atoms. The summed E-state index contributed by atoms with van der Waals surface area (Å²) >= 11 is 0. The van der Waals surface area contributed by atoms with E-state index in [4.69, 9.17) is 15.9 Å². The van der Waals surface area contributed by atoms with E-state index in [0.29, 0.717) is 19.3 Å². The van der Waals surface area contributed by atoms with Crippen LogP contribution in [0.5, 0.6) is 0 Å². The first-order valence-electron chi connectivity index (χ1n) is 9.60. The van der Waals surface area contributed by atoms with Gasteiger partial charge in [0.2, 0.25) is 17.7 Å². The van der Waals surface area contributed by atoms with Gasteiger partial charge in [-0.15, -0.1) is 0 Å². The van der Waals surface area contributed by atoms with Crippen molar-refractivity contribution in [2.45, 2.75) is 70.6 Å². The fourth-order valence-electron chi connectivity index (χ4n) is 3.11. The number of hydrogen-bond donors (Lipinski definition) is 5. The van der Waals surface area contributed by atoms with Gasteiger partial charge in [-0.2, -0.15) is 0 Å². The SMILES string of the molecule is CCC(C)C(NC(=O)C1CCCN1C(=O)C(N)CC(=O)O)C(=O)NC(C)C(=O)O. The average Bonchev–Trinajstić information content (AvgIpc) is 3.13. The summed E-state index contributed by atoms with van der Waals surface area (Å²) in [5.41, 5.74) is 5.64. The minimum atomic E-state index is -1.26. The van der Waals surface area contributed by atoms with Gasteiger partial charge in [-0.25, -0.2) is 0 Å². The van der Waals surface area contributed by atoms with Gasteiger partial charge in [0.1, 0.15) is 18.1 Å². The zero-order valence-corrected chi connectivity index (χ0v) is 16.9. The number of carbonyl (C=O) groups is 5. The summed E-state index contributed by atoms with van der Waals surface area (Å²) in [4.78, 5) is 60.8. The van der Waals surface area contributed by atoms with Crippen LogP contribution in [0.4, 0.5) is 0 Å². The maximum absolute atomic E-state index is 12.8. The second-order valence-corrected chi connectivity index (χ2v) is 7.33. The molecule has 11 heteroatoms. The first-order chi connectivity index (χ1) is 13.5. The third-order valence-electron chi connectivity index (χ3n) is 5.07. The fourth-order valence-corrected chi connectivity index (χ4v) is 3.11. The van der Waals surface area contributed by atoms with Crippen molar-refractivity contribution in [1.82, 2.24) is 15.5 Å². The van der Waals surface area contributed by atoms with Crippen LogP contribution in [0, 0.1) is 5.92 Å². The highest BCUT2D eigenvalue weighted by Crippen LogP contribution is 2.20. The predicted octanol–water partition coefficient (Wildman–Crippen LogP) is -1.10. The Morgan fingerprint density at radius 3 is 2.28 bits per heavy atom. The summed E-state index contributed by atoms with van der Waals surface area (Å²) in [7, 11) is 0. The number of carboxylic acid groups (broad SMARTS) is 2. The van der Waals surface area contributed by atoms with Gasteiger partial charge >= 0.3 is 11.9 Å². The van der Waals surface area contributed by atoms with Gasteiger partial charge < -0.3 is 31.5 Å². The molecule has 5 unspecified atom stereocenters. The number of amides is 3. The summed E-state index contributed by atoms with van der Waals surface area (Å²) < 4.78 is 0. The van der Waals surface area contributed by atoms with Crippen LogP contribution in [0.25, 0.3) is 0 Å². The van der Waals surface area contributed by atoms with Gasteiger partial charge in [0.15, 0.2) is 0 Å². The summed E-state index contributed by atoms with van der Waals surface area (Å²) in [6, 6.07) is -4.21. The summed E-state index contributed by atoms with van der Waals surface area (Å²) in [5.74, 6) is -4.50. The lowest BCUT2D eigenvalue weighted by atomic mass is 9.97. The maximum atomic E-state index is 12.8. The van der Waals surface area contributed by atoms with E-state index in [2.05, 4.69) is 10.6 Å². The Morgan fingerprint density at radius 2 is 1.76 bits per heavy atom. The number of nitrogens with two attached hydrogens (primary N) is 1. The van der Waals surface area contributed by atoms with E-state index in [0.717, 1.165) is 0 Å². The Hall–Kier alpha value is -2.69. The average molecular weight is 414 g/mol. The van der Waals surface area contributed by atoms with Crippen molar-refractivity contribution >= 4 is 29.7 Å². The Balaban J connectivity index is 2.89. The van der Waals surface area contributed by atoms with Crippen LogP contribution in [0.1, 0.15) is 46.5 Å². The third kappa shape index (κ3) is 6.70. The van der Waals surface area contributed by atoms with Crippen molar-refractivity contribution in [3.63, 3.8) is 0 Å². The van der Waals surface area contributed by atoms with Gasteiger partial charge in [-0.3, -0.25) is 24.0 Å². The number of carbonyl (C=O) groups excluding carboxylic acids is 3. The number of nitrogens with zero attached hydrogens (tertiary/aromatic N) is 1. The van der Waals surface area contributed by atoms with Crippen LogP contribution >= 0.6 is 0 Å². The van der Waals surface area contributed by atoms with Crippen LogP contribution in [0.2, 0.25) is 0 Å². The largest absolute Gasteiger partial charge is 0.481 e. The molecule has 11 nitrogen and oxygen atoms in total. The summed E-state index contributed by atoms with van der Waals surface area (Å²) in [6.45, 7) is 5.15. The molecule has 29 heavy (non-hydrogen) atoms. The van der Waals surface area contributed by atoms with Crippen molar-refractivity contribution in [2.24, 2.45) is 11.7 Å². The number of likely N-dealkylation sites (tertiary alicyclic amines) is 1. The first-order valence-corrected chi connectivity index (χ1v) is 9.60. The predicted molar refractivity (Wildman–Crippen MR) is 102 cm³/mol. The second kappa shape index (κ2) is 10.7. The Labute approximate surface area is 169 Å². The van der Waals surface area contributed by atoms with Gasteiger partial charge in [0, 0.05) is 6.54 Å². The van der Waals surface area contributed by atoms with E-state index in [1.165, 1.54) is 11.8 Å². The molecule has 1 rings (SSSR count). The standard InChI is InChI=1S/C18H30N4O7/c1-4-9(2)14(16(26)20-10(3)18(28)29)21-15(25)12-6-5-7-22(12)17(27)11(19)8-13(23)24/h9-12,14H,4-8,19H2,1-3H3,(H,20,26)(H,21,25)(H,23,24)(H,28,29). The highest BCUT2D eigenvalue weighted by Gasteiger charge is 2.38. The smallest absolute Gasteiger partial charge is 0.325 e. The minimum absolute atomic E-state index is 0.264. The van der Waals surface area contributed by atoms with Crippen molar-refractivity contribution in [1.29, 1.82) is 0 Å². The molecule has 1 aliphatic heterocycles. The highest BCUT2D eigenvalue weighted by atomic mass is 16.4. The highest BCUT2D eigenvalue weighted by molar-refractivity contribution is 5.95. The lowest BCUT2D eigenvalue weighted by molar-refractivity contribution is -0.144. The molecule has 1 heterocycles. The number of carboxylic acids is 2. The van der Waals surface area contributed by atoms with E-state index in [1.807, 2.05) is 6.92 Å². The zero-order chi connectivity index (χ0) is 22.3. The number of aliphatic carboxylic acids is 2. The molecule has 1 saturated heterocycles. The van der Waals surface area contributed by atoms with Crippen molar-refractivity contribution in [3.8, 4) is 0 Å². The van der Waals surface area contributed by atoms with E-state index < -0.39 is 60.2 Å². The normalized spacial score (nSPS) is 20.3. The molecule has 0 radical (unpaired) electrons. The van der Waals surface area contributed by atoms with E-state index >= 15 is 0 Å². The van der Waals surface area contributed by atoms with Crippen molar-refractivity contribution < 1.29 is 34.2 Å². The Kier molecular flexibility index (Phi) is 9.02.